The Balaban J connectivity index is 0.952. The molecule has 0 bridgehead atoms. The first-order valence-corrected chi connectivity index (χ1v) is 27.4. The van der Waals surface area contributed by atoms with Crippen LogP contribution in [0.4, 0.5) is 0 Å². The Labute approximate surface area is 453 Å². The van der Waals surface area contributed by atoms with Crippen molar-refractivity contribution in [2.75, 3.05) is 27.4 Å². The number of hydrogen-bond donors (Lipinski definition) is 10. The Kier molecular flexibility index (Phi) is 16.1. The van der Waals surface area contributed by atoms with E-state index in [4.69, 9.17) is 42.6 Å². The van der Waals surface area contributed by atoms with E-state index in [2.05, 4.69) is 26.8 Å². The molecule has 1 aromatic rings. The van der Waals surface area contributed by atoms with Crippen LogP contribution in [0.1, 0.15) is 117 Å². The van der Waals surface area contributed by atoms with E-state index in [9.17, 15) is 65.4 Å². The first-order chi connectivity index (χ1) is 36.6. The number of carboxylic acids is 1. The van der Waals surface area contributed by atoms with Crippen LogP contribution in [0.2, 0.25) is 0 Å². The largest absolute Gasteiger partial charge is 0.502 e. The van der Waals surface area contributed by atoms with Crippen molar-refractivity contribution in [2.45, 2.75) is 204 Å². The fraction of sp³-hybridized carbons (Fsp3) is 0.804. The van der Waals surface area contributed by atoms with E-state index in [1.54, 1.807) is 0 Å². The van der Waals surface area contributed by atoms with E-state index in [0.717, 1.165) is 31.1 Å². The Morgan fingerprint density at radius 1 is 0.705 bits per heavy atom. The van der Waals surface area contributed by atoms with Crippen molar-refractivity contribution in [1.82, 2.24) is 0 Å². The predicted molar refractivity (Wildman–Crippen MR) is 269 cm³/mol. The van der Waals surface area contributed by atoms with Gasteiger partial charge in [-0.05, 0) is 111 Å². The molecule has 78 heavy (non-hydrogen) atoms. The summed E-state index contributed by atoms with van der Waals surface area (Å²) in [6.07, 6.45) is -16.6. The van der Waals surface area contributed by atoms with Crippen molar-refractivity contribution in [2.24, 2.45) is 50.2 Å². The highest BCUT2D eigenvalue weighted by Gasteiger charge is 2.71. The third-order valence-electron chi connectivity index (χ3n) is 20.9. The zero-order valence-electron chi connectivity index (χ0n) is 45.9. The summed E-state index contributed by atoms with van der Waals surface area (Å²) in [4.78, 5) is 40.3. The summed E-state index contributed by atoms with van der Waals surface area (Å²) >= 11 is 0. The molecule has 438 valence electrons. The number of fused-ring (bicyclic) bond motifs is 7. The van der Waals surface area contributed by atoms with Crippen molar-refractivity contribution in [3.05, 3.63) is 29.3 Å². The SMILES string of the molecule is COc1cc(C(=O)OCC2(C)C=C3C4CCC5C6(C=O)CCC(OC7OC(C(=O)O)C(O)C(O)C7OC7OCC(O)C(O)C7OC7OC(C)C(O)C(O)C7O)C(C)(C)C6CCC5(C)C4(C)CCC3(C)C(O)C2)cc(OC)c1O. The van der Waals surface area contributed by atoms with Crippen LogP contribution in [0.3, 0.4) is 0 Å². The first-order valence-electron chi connectivity index (χ1n) is 27.4. The Hall–Kier alpha value is -3.59. The summed E-state index contributed by atoms with van der Waals surface area (Å²) in [6.45, 7) is 13.7. The number of phenolic OH excluding ortho intramolecular Hbond substituents is 1. The zero-order chi connectivity index (χ0) is 57.0. The highest BCUT2D eigenvalue weighted by Crippen LogP contribution is 2.76. The van der Waals surface area contributed by atoms with Crippen LogP contribution in [-0.4, -0.2) is 195 Å². The quantitative estimate of drug-likeness (QED) is 0.0585. The van der Waals surface area contributed by atoms with Gasteiger partial charge in [0.25, 0.3) is 0 Å². The molecule has 0 radical (unpaired) electrons. The molecule has 0 amide bonds. The van der Waals surface area contributed by atoms with Crippen molar-refractivity contribution in [1.29, 1.82) is 0 Å². The molecule has 8 aliphatic rings. The van der Waals surface area contributed by atoms with E-state index in [-0.39, 0.29) is 58.0 Å². The van der Waals surface area contributed by atoms with E-state index >= 15 is 0 Å². The highest BCUT2D eigenvalue weighted by atomic mass is 16.8. The average molecular weight is 1110 g/mol. The molecule has 22 heteroatoms. The molecule has 3 heterocycles. The number of aromatic hydroxyl groups is 1. The lowest BCUT2D eigenvalue weighted by molar-refractivity contribution is -0.386. The second kappa shape index (κ2) is 21.3. The van der Waals surface area contributed by atoms with Crippen molar-refractivity contribution in [3.8, 4) is 17.2 Å². The summed E-state index contributed by atoms with van der Waals surface area (Å²) in [5, 5.41) is 109. The molecule has 4 saturated carbocycles. The second-order valence-corrected chi connectivity index (χ2v) is 25.4. The molecule has 22 nitrogen and oxygen atoms in total. The lowest BCUT2D eigenvalue weighted by Crippen LogP contribution is -2.68. The average Bonchev–Trinajstić information content (AvgIpc) is 3.40. The highest BCUT2D eigenvalue weighted by molar-refractivity contribution is 5.91. The number of benzene rings is 1. The number of rotatable bonds is 13. The molecule has 9 rings (SSSR count). The van der Waals surface area contributed by atoms with Gasteiger partial charge in [-0.2, -0.15) is 0 Å². The summed E-state index contributed by atoms with van der Waals surface area (Å²) in [6, 6.07) is 2.77. The molecule has 3 saturated heterocycles. The molecule has 5 aliphatic carbocycles. The number of methoxy groups -OCH3 is 2. The maximum Gasteiger partial charge on any atom is 0.338 e. The number of phenols is 1. The monoisotopic (exact) mass is 1110 g/mol. The number of aliphatic hydroxyl groups is 8. The van der Waals surface area contributed by atoms with Gasteiger partial charge in [0, 0.05) is 16.2 Å². The van der Waals surface area contributed by atoms with E-state index in [0.29, 0.717) is 38.5 Å². The number of esters is 1. The molecule has 24 unspecified atom stereocenters. The maximum atomic E-state index is 14.2. The number of carboxylic acid groups (broad SMARTS) is 1. The van der Waals surface area contributed by atoms with Gasteiger partial charge in [-0.15, -0.1) is 0 Å². The number of aliphatic carboxylic acids is 1. The Bertz CT molecular complexity index is 2410. The predicted octanol–water partition coefficient (Wildman–Crippen LogP) is 2.11. The van der Waals surface area contributed by atoms with E-state index < -0.39 is 138 Å². The summed E-state index contributed by atoms with van der Waals surface area (Å²) in [5.74, 6) is -2.65. The molecule has 7 fully saturated rings. The topological polar surface area (TPSA) is 337 Å². The van der Waals surface area contributed by atoms with Gasteiger partial charge < -0.3 is 98.5 Å². The summed E-state index contributed by atoms with van der Waals surface area (Å²) in [7, 11) is 2.74. The van der Waals surface area contributed by atoms with Crippen molar-refractivity contribution >= 4 is 18.2 Å². The van der Waals surface area contributed by atoms with Gasteiger partial charge in [-0.1, -0.05) is 53.2 Å². The smallest absolute Gasteiger partial charge is 0.338 e. The van der Waals surface area contributed by atoms with E-state index in [1.807, 2.05) is 20.8 Å². The zero-order valence-corrected chi connectivity index (χ0v) is 45.9. The van der Waals surface area contributed by atoms with Gasteiger partial charge in [0.15, 0.2) is 36.5 Å². The van der Waals surface area contributed by atoms with Gasteiger partial charge in [0.05, 0.1) is 44.7 Å². The van der Waals surface area contributed by atoms with Gasteiger partial charge in [-0.3, -0.25) is 0 Å². The van der Waals surface area contributed by atoms with Crippen LogP contribution in [0.5, 0.6) is 17.2 Å². The molecular formula is C56H82O22. The second-order valence-electron chi connectivity index (χ2n) is 25.4. The normalized spacial score (nSPS) is 47.9. The third kappa shape index (κ3) is 9.47. The third-order valence-corrected chi connectivity index (χ3v) is 20.9. The Morgan fingerprint density at radius 3 is 2.00 bits per heavy atom. The van der Waals surface area contributed by atoms with Gasteiger partial charge in [0.2, 0.25) is 5.75 Å². The van der Waals surface area contributed by atoms with Crippen LogP contribution in [-0.2, 0) is 42.7 Å². The first kappa shape index (κ1) is 59.0. The number of hydrogen-bond acceptors (Lipinski definition) is 21. The molecule has 10 N–H and O–H groups in total. The Morgan fingerprint density at radius 2 is 1.36 bits per heavy atom. The van der Waals surface area contributed by atoms with Gasteiger partial charge in [0.1, 0.15) is 67.8 Å². The van der Waals surface area contributed by atoms with Crippen LogP contribution >= 0.6 is 0 Å². The van der Waals surface area contributed by atoms with E-state index in [1.165, 1.54) is 33.3 Å². The van der Waals surface area contributed by atoms with Gasteiger partial charge in [-0.25, -0.2) is 9.59 Å². The van der Waals surface area contributed by atoms with Gasteiger partial charge >= 0.3 is 11.9 Å². The van der Waals surface area contributed by atoms with Crippen molar-refractivity contribution in [3.63, 3.8) is 0 Å². The van der Waals surface area contributed by atoms with Crippen molar-refractivity contribution < 1.29 is 108 Å². The number of carbonyl (C=O) groups excluding carboxylic acids is 2. The summed E-state index contributed by atoms with van der Waals surface area (Å²) < 4.78 is 52.7. The molecule has 1 aromatic carbocycles. The fourth-order valence-electron chi connectivity index (χ4n) is 16.0. The van der Waals surface area contributed by atoms with Crippen LogP contribution in [0.15, 0.2) is 23.8 Å². The fourth-order valence-corrected chi connectivity index (χ4v) is 16.0. The number of aliphatic hydroxyl groups excluding tert-OH is 8. The number of ether oxygens (including phenoxy) is 9. The molecule has 0 aromatic heterocycles. The minimum absolute atomic E-state index is 0.0180. The summed E-state index contributed by atoms with van der Waals surface area (Å²) in [5.41, 5.74) is -2.27. The standard InChI is InChI=1S/C56H82O22/c1-25-36(60)39(63)42(66)48(74-25)77-44-37(61)29(58)22-72-49(44)78-45-41(65)40(64)43(46(67)68)76-50(45)75-35-13-15-56(23-57)32(51(35,2)3)12-14-55(7)33(56)11-10-27-28-20-52(4,21-34(59)53(28,5)16-17-54(27,55)6)24-73-47(69)26-18-30(70-8)38(62)31(19-26)71-9/h18-20,23,25,27,29,32-37,39-45,48-50,58-66H,10-17,21-22,24H2,1-9H3,(H,67,68). The molecule has 3 aliphatic heterocycles. The van der Waals surface area contributed by atoms with Crippen LogP contribution < -0.4 is 9.47 Å². The lowest BCUT2D eigenvalue weighted by Gasteiger charge is -2.72. The minimum atomic E-state index is -2.05. The lowest BCUT2D eigenvalue weighted by atomic mass is 9.32. The number of carbonyl (C=O) groups is 3. The van der Waals surface area contributed by atoms with Crippen LogP contribution in [0, 0.1) is 50.2 Å². The van der Waals surface area contributed by atoms with Crippen LogP contribution in [0.25, 0.3) is 0 Å². The minimum Gasteiger partial charge on any atom is -0.502 e. The molecular weight excluding hydrogens is 1020 g/mol. The maximum absolute atomic E-state index is 14.2. The molecule has 0 spiro atoms. The molecule has 24 atom stereocenters. The number of aldehydes is 1.